The number of aliphatic hydroxyl groups excluding tert-OH is 1. The molecule has 0 radical (unpaired) electrons. The van der Waals surface area contributed by atoms with Gasteiger partial charge in [0.2, 0.25) is 0 Å². The first-order chi connectivity index (χ1) is 5.11. The summed E-state index contributed by atoms with van der Waals surface area (Å²) >= 11 is 0. The zero-order valence-corrected chi connectivity index (χ0v) is 5.63. The van der Waals surface area contributed by atoms with Crippen molar-refractivity contribution in [2.45, 2.75) is 13.5 Å². The van der Waals surface area contributed by atoms with Crippen molar-refractivity contribution in [2.24, 2.45) is 0 Å². The van der Waals surface area contributed by atoms with E-state index in [2.05, 4.69) is 0 Å². The maximum atomic E-state index is 12.7. The molecule has 0 spiro atoms. The van der Waals surface area contributed by atoms with Crippen LogP contribution in [0.3, 0.4) is 0 Å². The highest BCUT2D eigenvalue weighted by Crippen LogP contribution is 2.08. The Morgan fingerprint density at radius 1 is 1.70 bits per heavy atom. The summed E-state index contributed by atoms with van der Waals surface area (Å²) in [4.78, 5) is 0. The van der Waals surface area contributed by atoms with E-state index in [0.29, 0.717) is 5.56 Å². The summed E-state index contributed by atoms with van der Waals surface area (Å²) in [6.45, 7) is 0.292. The largest absolute Gasteiger partial charge is 0.392 e. The number of hydrogen-bond acceptors (Lipinski definition) is 1. The van der Waals surface area contributed by atoms with Gasteiger partial charge in [-0.25, -0.2) is 4.39 Å². The lowest BCUT2D eigenvalue weighted by Crippen LogP contribution is -1.86. The van der Waals surface area contributed by atoms with Crippen molar-refractivity contribution in [2.75, 3.05) is 0 Å². The minimum Gasteiger partial charge on any atom is -0.392 e. The van der Waals surface area contributed by atoms with Crippen LogP contribution in [0.4, 0.5) is 4.39 Å². The third kappa shape index (κ3) is 1.33. The smallest absolute Gasteiger partial charge is 0.126 e. The topological polar surface area (TPSA) is 20.2 Å². The summed E-state index contributed by atoms with van der Waals surface area (Å²) in [5, 5.41) is 8.74. The second-order valence-corrected chi connectivity index (χ2v) is 2.14. The third-order valence-electron chi connectivity index (χ3n) is 1.34. The molecular formula is C8H9FO. The molecule has 1 N–H and O–H groups in total. The van der Waals surface area contributed by atoms with Gasteiger partial charge in [-0.3, -0.25) is 0 Å². The van der Waals surface area contributed by atoms with Crippen molar-refractivity contribution in [1.82, 2.24) is 0 Å². The SMILES string of the molecule is [2H]C(O)c1ccc(C)c(F)c1. The lowest BCUT2D eigenvalue weighted by Gasteiger charge is -1.97. The van der Waals surface area contributed by atoms with Crippen molar-refractivity contribution >= 4 is 0 Å². The monoisotopic (exact) mass is 141 g/mol. The van der Waals surface area contributed by atoms with Gasteiger partial charge in [0, 0.05) is 0 Å². The predicted octanol–water partition coefficient (Wildman–Crippen LogP) is 1.63. The second-order valence-electron chi connectivity index (χ2n) is 2.14. The van der Waals surface area contributed by atoms with Crippen molar-refractivity contribution in [1.29, 1.82) is 0 Å². The van der Waals surface area contributed by atoms with E-state index in [1.165, 1.54) is 12.1 Å². The van der Waals surface area contributed by atoms with Crippen molar-refractivity contribution < 1.29 is 10.9 Å². The average molecular weight is 141 g/mol. The van der Waals surface area contributed by atoms with E-state index in [1.807, 2.05) is 0 Å². The molecule has 1 unspecified atom stereocenters. The number of aliphatic hydroxyl groups is 1. The van der Waals surface area contributed by atoms with Crippen molar-refractivity contribution in [3.05, 3.63) is 35.1 Å². The molecule has 0 amide bonds. The Hall–Kier alpha value is -0.890. The van der Waals surface area contributed by atoms with E-state index in [0.717, 1.165) is 0 Å². The first-order valence-corrected chi connectivity index (χ1v) is 2.97. The highest BCUT2D eigenvalue weighted by atomic mass is 19.1. The minimum atomic E-state index is -1.34. The van der Waals surface area contributed by atoms with Crippen LogP contribution < -0.4 is 0 Å². The van der Waals surface area contributed by atoms with Gasteiger partial charge in [0.15, 0.2) is 0 Å². The Labute approximate surface area is 60.5 Å². The summed E-state index contributed by atoms with van der Waals surface area (Å²) in [6.07, 6.45) is 0. The number of rotatable bonds is 1. The Bertz CT molecular complexity index is 260. The number of benzene rings is 1. The number of hydrogen-bond donors (Lipinski definition) is 1. The fourth-order valence-electron chi connectivity index (χ4n) is 0.689. The molecule has 0 heterocycles. The van der Waals surface area contributed by atoms with E-state index in [9.17, 15) is 4.39 Å². The molecule has 0 fully saturated rings. The molecule has 0 aliphatic heterocycles. The molecule has 2 heteroatoms. The van der Waals surface area contributed by atoms with Gasteiger partial charge in [0.1, 0.15) is 5.82 Å². The van der Waals surface area contributed by atoms with E-state index in [-0.39, 0.29) is 11.4 Å². The summed E-state index contributed by atoms with van der Waals surface area (Å²) in [5.74, 6) is -0.381. The second kappa shape index (κ2) is 2.80. The molecule has 0 aromatic heterocycles. The Balaban J connectivity index is 3.05. The average Bonchev–Trinajstić information content (AvgIpc) is 1.94. The van der Waals surface area contributed by atoms with Crippen LogP contribution in [-0.4, -0.2) is 5.11 Å². The fourth-order valence-corrected chi connectivity index (χ4v) is 0.689. The van der Waals surface area contributed by atoms with Gasteiger partial charge < -0.3 is 5.11 Å². The zero-order valence-electron chi connectivity index (χ0n) is 6.63. The van der Waals surface area contributed by atoms with Gasteiger partial charge in [0.25, 0.3) is 0 Å². The molecule has 1 aromatic carbocycles. The first kappa shape index (κ1) is 5.86. The molecule has 0 bridgehead atoms. The molecule has 1 atom stereocenters. The van der Waals surface area contributed by atoms with Gasteiger partial charge in [-0.15, -0.1) is 0 Å². The standard InChI is InChI=1S/C8H9FO/c1-6-2-3-7(5-10)4-8(6)9/h2-4,10H,5H2,1H3/i5D. The first-order valence-electron chi connectivity index (χ1n) is 3.55. The molecule has 0 saturated carbocycles. The third-order valence-corrected chi connectivity index (χ3v) is 1.34. The van der Waals surface area contributed by atoms with Crippen molar-refractivity contribution in [3.63, 3.8) is 0 Å². The molecule has 1 rings (SSSR count). The Morgan fingerprint density at radius 3 is 2.90 bits per heavy atom. The highest BCUT2D eigenvalue weighted by Gasteiger charge is 1.96. The van der Waals surface area contributed by atoms with Crippen LogP contribution in [0.2, 0.25) is 0 Å². The highest BCUT2D eigenvalue weighted by molar-refractivity contribution is 5.22. The van der Waals surface area contributed by atoms with E-state index in [1.54, 1.807) is 13.0 Å². The Morgan fingerprint density at radius 2 is 2.40 bits per heavy atom. The lowest BCUT2D eigenvalue weighted by molar-refractivity contribution is 0.281. The molecule has 0 aliphatic carbocycles. The number of halogens is 1. The summed E-state index contributed by atoms with van der Waals surface area (Å²) in [5.41, 5.74) is 0.808. The molecule has 54 valence electrons. The van der Waals surface area contributed by atoms with Gasteiger partial charge in [0.05, 0.1) is 7.95 Å². The Kier molecular flexibility index (Phi) is 1.64. The summed E-state index contributed by atoms with van der Waals surface area (Å²) in [7, 11) is 0. The van der Waals surface area contributed by atoms with Crippen LogP contribution in [-0.2, 0) is 6.58 Å². The maximum Gasteiger partial charge on any atom is 0.126 e. The van der Waals surface area contributed by atoms with Crippen LogP contribution in [0, 0.1) is 12.7 Å². The molecule has 10 heavy (non-hydrogen) atoms. The molecule has 1 aromatic rings. The molecular weight excluding hydrogens is 131 g/mol. The summed E-state index contributed by atoms with van der Waals surface area (Å²) in [6, 6.07) is 4.26. The van der Waals surface area contributed by atoms with Gasteiger partial charge >= 0.3 is 0 Å². The van der Waals surface area contributed by atoms with Crippen LogP contribution in [0.15, 0.2) is 18.2 Å². The van der Waals surface area contributed by atoms with Crippen LogP contribution >= 0.6 is 0 Å². The summed E-state index contributed by atoms with van der Waals surface area (Å²) < 4.78 is 19.6. The van der Waals surface area contributed by atoms with Crippen LogP contribution in [0.1, 0.15) is 12.5 Å². The minimum absolute atomic E-state index is 0.285. The molecule has 1 nitrogen and oxygen atoms in total. The van der Waals surface area contributed by atoms with Gasteiger partial charge in [-0.2, -0.15) is 0 Å². The van der Waals surface area contributed by atoms with E-state index in [4.69, 9.17) is 6.48 Å². The quantitative estimate of drug-likeness (QED) is 0.630. The van der Waals surface area contributed by atoms with Gasteiger partial charge in [-0.1, -0.05) is 12.1 Å². The molecule has 0 saturated heterocycles. The van der Waals surface area contributed by atoms with E-state index >= 15 is 0 Å². The molecule has 0 aliphatic rings. The van der Waals surface area contributed by atoms with Crippen molar-refractivity contribution in [3.8, 4) is 0 Å². The predicted molar refractivity (Wildman–Crippen MR) is 37.1 cm³/mol. The van der Waals surface area contributed by atoms with Crippen LogP contribution in [0.5, 0.6) is 0 Å². The fraction of sp³-hybridized carbons (Fsp3) is 0.250. The van der Waals surface area contributed by atoms with Gasteiger partial charge in [-0.05, 0) is 24.1 Å². The van der Waals surface area contributed by atoms with E-state index < -0.39 is 6.58 Å². The van der Waals surface area contributed by atoms with Crippen LogP contribution in [0.25, 0.3) is 0 Å². The maximum absolute atomic E-state index is 12.7. The lowest BCUT2D eigenvalue weighted by atomic mass is 10.1. The number of aryl methyl sites for hydroxylation is 1. The zero-order chi connectivity index (χ0) is 8.43. The normalized spacial score (nSPS) is 14.5.